The van der Waals surface area contributed by atoms with Gasteiger partial charge in [0.15, 0.2) is 0 Å². The van der Waals surface area contributed by atoms with Gasteiger partial charge in [0.25, 0.3) is 0 Å². The van der Waals surface area contributed by atoms with Crippen molar-refractivity contribution in [1.29, 1.82) is 0 Å². The molecule has 2 aromatic rings. The van der Waals surface area contributed by atoms with Crippen molar-refractivity contribution in [2.24, 2.45) is 0 Å². The van der Waals surface area contributed by atoms with Gasteiger partial charge in [0.2, 0.25) is 10.0 Å². The molecular weight excluding hydrogens is 386 g/mol. The molecule has 0 amide bonds. The standard InChI is InChI=1S/C19H24ClN3O3S/c20-14-1-2-17-18(3-8-21-19(17)13-14)22-15-4-9-23(10-5-15)27(24,25)16-6-11-26-12-7-16/h1-3,8,13,15-16H,4-7,9-12H2,(H,21,22). The van der Waals surface area contributed by atoms with Crippen LogP contribution in [0.2, 0.25) is 5.02 Å². The number of aromatic nitrogens is 1. The summed E-state index contributed by atoms with van der Waals surface area (Å²) in [5, 5.41) is 4.98. The van der Waals surface area contributed by atoms with Gasteiger partial charge in [-0.15, -0.1) is 0 Å². The molecule has 0 spiro atoms. The van der Waals surface area contributed by atoms with Crippen LogP contribution in [0.4, 0.5) is 5.69 Å². The maximum absolute atomic E-state index is 12.8. The van der Waals surface area contributed by atoms with E-state index in [4.69, 9.17) is 16.3 Å². The number of hydrogen-bond acceptors (Lipinski definition) is 5. The molecule has 8 heteroatoms. The summed E-state index contributed by atoms with van der Waals surface area (Å²) in [6, 6.07) is 7.89. The number of hydrogen-bond donors (Lipinski definition) is 1. The van der Waals surface area contributed by atoms with Gasteiger partial charge in [0.1, 0.15) is 0 Å². The SMILES string of the molecule is O=S(=O)(C1CCOCC1)N1CCC(Nc2ccnc3cc(Cl)ccc23)CC1. The molecule has 6 nitrogen and oxygen atoms in total. The fraction of sp³-hybridized carbons (Fsp3) is 0.526. The average Bonchev–Trinajstić information content (AvgIpc) is 2.69. The highest BCUT2D eigenvalue weighted by molar-refractivity contribution is 7.89. The predicted octanol–water partition coefficient (Wildman–Crippen LogP) is 3.27. The van der Waals surface area contributed by atoms with Crippen molar-refractivity contribution >= 4 is 38.2 Å². The molecule has 2 aliphatic heterocycles. The van der Waals surface area contributed by atoms with Crippen LogP contribution in [-0.2, 0) is 14.8 Å². The number of anilines is 1. The quantitative estimate of drug-likeness (QED) is 0.839. The van der Waals surface area contributed by atoms with Gasteiger partial charge in [-0.3, -0.25) is 4.98 Å². The van der Waals surface area contributed by atoms with Crippen LogP contribution in [0.3, 0.4) is 0 Å². The van der Waals surface area contributed by atoms with E-state index in [1.807, 2.05) is 24.3 Å². The number of benzene rings is 1. The van der Waals surface area contributed by atoms with E-state index in [0.29, 0.717) is 44.2 Å². The number of nitrogens with zero attached hydrogens (tertiary/aromatic N) is 2. The molecule has 0 unspecified atom stereocenters. The molecule has 0 aliphatic carbocycles. The van der Waals surface area contributed by atoms with Gasteiger partial charge in [0, 0.05) is 54.6 Å². The highest BCUT2D eigenvalue weighted by atomic mass is 35.5. The molecule has 2 fully saturated rings. The second kappa shape index (κ2) is 7.91. The molecule has 2 aliphatic rings. The Labute approximate surface area is 164 Å². The summed E-state index contributed by atoms with van der Waals surface area (Å²) in [6.45, 7) is 2.21. The topological polar surface area (TPSA) is 71.5 Å². The number of rotatable bonds is 4. The number of pyridine rings is 1. The first-order chi connectivity index (χ1) is 13.0. The summed E-state index contributed by atoms with van der Waals surface area (Å²) in [5.41, 5.74) is 1.87. The Morgan fingerprint density at radius 2 is 1.85 bits per heavy atom. The zero-order valence-corrected chi connectivity index (χ0v) is 16.7. The van der Waals surface area contributed by atoms with Crippen LogP contribution in [0.5, 0.6) is 0 Å². The highest BCUT2D eigenvalue weighted by Gasteiger charge is 2.35. The maximum Gasteiger partial charge on any atom is 0.217 e. The monoisotopic (exact) mass is 409 g/mol. The minimum Gasteiger partial charge on any atom is -0.382 e. The van der Waals surface area contributed by atoms with E-state index in [2.05, 4.69) is 10.3 Å². The fourth-order valence-corrected chi connectivity index (χ4v) is 6.00. The lowest BCUT2D eigenvalue weighted by Crippen LogP contribution is -2.47. The van der Waals surface area contributed by atoms with Gasteiger partial charge >= 0.3 is 0 Å². The van der Waals surface area contributed by atoms with Crippen LogP contribution >= 0.6 is 11.6 Å². The number of fused-ring (bicyclic) bond motifs is 1. The molecule has 0 bridgehead atoms. The van der Waals surface area contributed by atoms with E-state index in [-0.39, 0.29) is 11.3 Å². The average molecular weight is 410 g/mol. The molecule has 1 aromatic carbocycles. The van der Waals surface area contributed by atoms with Crippen LogP contribution in [0, 0.1) is 0 Å². The van der Waals surface area contributed by atoms with E-state index in [0.717, 1.165) is 29.4 Å². The third-order valence-corrected chi connectivity index (χ3v) is 8.10. The molecule has 146 valence electrons. The number of nitrogens with one attached hydrogen (secondary N) is 1. The molecule has 4 rings (SSSR count). The Kier molecular flexibility index (Phi) is 5.55. The van der Waals surface area contributed by atoms with Crippen LogP contribution in [-0.4, -0.2) is 55.3 Å². The van der Waals surface area contributed by atoms with Crippen molar-refractivity contribution in [3.63, 3.8) is 0 Å². The van der Waals surface area contributed by atoms with Crippen molar-refractivity contribution < 1.29 is 13.2 Å². The van der Waals surface area contributed by atoms with Crippen LogP contribution in [0.15, 0.2) is 30.5 Å². The summed E-state index contributed by atoms with van der Waals surface area (Å²) >= 11 is 6.06. The Hall–Kier alpha value is -1.41. The Morgan fingerprint density at radius 1 is 1.11 bits per heavy atom. The van der Waals surface area contributed by atoms with E-state index in [1.54, 1.807) is 10.5 Å². The number of piperidine rings is 1. The predicted molar refractivity (Wildman–Crippen MR) is 108 cm³/mol. The lowest BCUT2D eigenvalue weighted by molar-refractivity contribution is 0.0969. The van der Waals surface area contributed by atoms with E-state index >= 15 is 0 Å². The summed E-state index contributed by atoms with van der Waals surface area (Å²) in [5.74, 6) is 0. The summed E-state index contributed by atoms with van der Waals surface area (Å²) in [6.07, 6.45) is 4.56. The third-order valence-electron chi connectivity index (χ3n) is 5.47. The Morgan fingerprint density at radius 3 is 2.59 bits per heavy atom. The number of sulfonamides is 1. The number of ether oxygens (including phenoxy) is 1. The fourth-order valence-electron chi connectivity index (χ4n) is 3.91. The van der Waals surface area contributed by atoms with Gasteiger partial charge in [0.05, 0.1) is 10.8 Å². The molecular formula is C19H24ClN3O3S. The molecule has 1 aromatic heterocycles. The second-order valence-electron chi connectivity index (χ2n) is 7.19. The van der Waals surface area contributed by atoms with E-state index < -0.39 is 10.0 Å². The Bertz CT molecular complexity index is 908. The van der Waals surface area contributed by atoms with Gasteiger partial charge in [-0.05, 0) is 49.9 Å². The molecule has 1 N–H and O–H groups in total. The Balaban J connectivity index is 1.41. The summed E-state index contributed by atoms with van der Waals surface area (Å²) < 4.78 is 32.7. The van der Waals surface area contributed by atoms with E-state index in [1.165, 1.54) is 0 Å². The molecule has 2 saturated heterocycles. The van der Waals surface area contributed by atoms with Crippen molar-refractivity contribution in [2.75, 3.05) is 31.6 Å². The van der Waals surface area contributed by atoms with Crippen LogP contribution in [0.1, 0.15) is 25.7 Å². The third kappa shape index (κ3) is 4.06. The minimum atomic E-state index is -3.22. The maximum atomic E-state index is 12.8. The van der Waals surface area contributed by atoms with Gasteiger partial charge < -0.3 is 10.1 Å². The normalized spacial score (nSPS) is 20.8. The zero-order valence-electron chi connectivity index (χ0n) is 15.1. The van der Waals surface area contributed by atoms with Gasteiger partial charge in [-0.2, -0.15) is 0 Å². The van der Waals surface area contributed by atoms with Crippen molar-refractivity contribution in [2.45, 2.75) is 37.0 Å². The van der Waals surface area contributed by atoms with Crippen LogP contribution < -0.4 is 5.32 Å². The first-order valence-electron chi connectivity index (χ1n) is 9.41. The van der Waals surface area contributed by atoms with Crippen molar-refractivity contribution in [3.05, 3.63) is 35.5 Å². The van der Waals surface area contributed by atoms with Crippen molar-refractivity contribution in [1.82, 2.24) is 9.29 Å². The first-order valence-corrected chi connectivity index (χ1v) is 11.3. The zero-order chi connectivity index (χ0) is 18.9. The summed E-state index contributed by atoms with van der Waals surface area (Å²) in [4.78, 5) is 4.37. The van der Waals surface area contributed by atoms with Crippen LogP contribution in [0.25, 0.3) is 10.9 Å². The molecule has 0 radical (unpaired) electrons. The van der Waals surface area contributed by atoms with Crippen molar-refractivity contribution in [3.8, 4) is 0 Å². The summed E-state index contributed by atoms with van der Waals surface area (Å²) in [7, 11) is -3.22. The highest BCUT2D eigenvalue weighted by Crippen LogP contribution is 2.28. The number of halogens is 1. The smallest absolute Gasteiger partial charge is 0.217 e. The van der Waals surface area contributed by atoms with Gasteiger partial charge in [-0.1, -0.05) is 11.6 Å². The first kappa shape index (κ1) is 18.9. The molecule has 3 heterocycles. The second-order valence-corrected chi connectivity index (χ2v) is 9.84. The molecule has 0 saturated carbocycles. The largest absolute Gasteiger partial charge is 0.382 e. The lowest BCUT2D eigenvalue weighted by Gasteiger charge is -2.35. The minimum absolute atomic E-state index is 0.243. The molecule has 27 heavy (non-hydrogen) atoms. The molecule has 0 atom stereocenters. The van der Waals surface area contributed by atoms with Gasteiger partial charge in [-0.25, -0.2) is 12.7 Å². The van der Waals surface area contributed by atoms with E-state index in [9.17, 15) is 8.42 Å². The lowest BCUT2D eigenvalue weighted by atomic mass is 10.1.